The van der Waals surface area contributed by atoms with Gasteiger partial charge in [0.1, 0.15) is 33.0 Å². The normalized spacial score (nSPS) is 51.5. The Kier molecular flexibility index (Phi) is 5.95. The van der Waals surface area contributed by atoms with Gasteiger partial charge in [-0.3, -0.25) is 4.52 Å². The molecule has 26 heavy (non-hydrogen) atoms. The number of aliphatic hydroxyl groups excluding tert-OH is 1. The molecule has 7 nitrogen and oxygen atoms in total. The van der Waals surface area contributed by atoms with Crippen LogP contribution < -0.4 is 0 Å². The highest BCUT2D eigenvalue weighted by Crippen LogP contribution is 2.55. The Balaban J connectivity index is 2.09. The molecular weight excluding hydrogens is 377 g/mol. The lowest BCUT2D eigenvalue weighted by Crippen LogP contribution is -2.49. The Morgan fingerprint density at radius 1 is 1.15 bits per heavy atom. The van der Waals surface area contributed by atoms with Crippen molar-refractivity contribution in [3.8, 4) is 0 Å². The van der Waals surface area contributed by atoms with Crippen LogP contribution in [0.15, 0.2) is 0 Å². The van der Waals surface area contributed by atoms with Crippen molar-refractivity contribution in [2.24, 2.45) is 0 Å². The first-order valence-corrected chi connectivity index (χ1v) is 11.0. The van der Waals surface area contributed by atoms with Crippen molar-refractivity contribution in [2.45, 2.75) is 81.4 Å². The van der Waals surface area contributed by atoms with Crippen molar-refractivity contribution >= 4 is 34.2 Å². The summed E-state index contributed by atoms with van der Waals surface area (Å²) in [5.41, 5.74) is -5.64. The maximum atomic E-state index is 10.6. The summed E-state index contributed by atoms with van der Waals surface area (Å²) < 4.78 is 22.4. The Bertz CT molecular complexity index is 603. The molecule has 2 heterocycles. The molecule has 7 atom stereocenters. The van der Waals surface area contributed by atoms with Crippen LogP contribution in [0.1, 0.15) is 47.5 Å². The molecule has 2 aliphatic rings. The van der Waals surface area contributed by atoms with Crippen LogP contribution in [0.25, 0.3) is 0 Å². The van der Waals surface area contributed by atoms with Crippen molar-refractivity contribution < 1.29 is 33.6 Å². The van der Waals surface area contributed by atoms with Gasteiger partial charge in [0, 0.05) is 11.0 Å². The lowest BCUT2D eigenvalue weighted by Gasteiger charge is -2.38. The van der Waals surface area contributed by atoms with E-state index in [1.54, 1.807) is 34.6 Å². The fraction of sp³-hybridized carbons (Fsp3) is 1.00. The van der Waals surface area contributed by atoms with Crippen LogP contribution in [-0.2, 0) is 30.3 Å². The van der Waals surface area contributed by atoms with Crippen molar-refractivity contribution in [1.82, 2.24) is 0 Å². The van der Waals surface area contributed by atoms with Gasteiger partial charge in [-0.25, -0.2) is 0 Å². The SMILES string of the molecule is [B]C1(C)C[C@@](C)(OP(O)(=S)OCC2(C)OC([B])(C)C[C@@]2(C)O)C(CO)O1. The van der Waals surface area contributed by atoms with E-state index in [1.165, 1.54) is 0 Å². The molecule has 0 aromatic carbocycles. The van der Waals surface area contributed by atoms with Crippen molar-refractivity contribution in [3.63, 3.8) is 0 Å². The van der Waals surface area contributed by atoms with Gasteiger partial charge in [0.2, 0.25) is 0 Å². The molecule has 2 fully saturated rings. The van der Waals surface area contributed by atoms with Gasteiger partial charge in [-0.15, -0.1) is 0 Å². The molecule has 2 saturated heterocycles. The summed E-state index contributed by atoms with van der Waals surface area (Å²) in [6.07, 6.45) is -0.359. The molecule has 4 radical (unpaired) electrons. The Hall–Kier alpha value is 0.500. The molecule has 11 heteroatoms. The molecule has 5 unspecified atom stereocenters. The zero-order valence-corrected chi connectivity index (χ0v) is 17.6. The first-order valence-electron chi connectivity index (χ1n) is 8.42. The minimum absolute atomic E-state index is 0.193. The fourth-order valence-corrected chi connectivity index (χ4v) is 5.67. The van der Waals surface area contributed by atoms with E-state index in [1.807, 2.05) is 0 Å². The molecule has 0 aromatic heterocycles. The van der Waals surface area contributed by atoms with E-state index in [0.717, 1.165) is 0 Å². The minimum atomic E-state index is -3.75. The second kappa shape index (κ2) is 6.78. The fourth-order valence-electron chi connectivity index (χ4n) is 3.83. The molecule has 2 rings (SSSR count). The van der Waals surface area contributed by atoms with Crippen LogP contribution in [-0.4, -0.2) is 77.9 Å². The standard InChI is InChI=1S/C15H27B2O7PS/c1-11(7-14(4,16)22-10(11)6-18)24-25(20,26)21-9-13(3)12(2,19)8-15(5,17)23-13/h10,18-19H,6-9H2,1-5H3,(H,20,26)/t10?,11-,12-,13?,14?,15?,25?/m1/s1. The zero-order valence-electron chi connectivity index (χ0n) is 15.9. The third-order valence-corrected chi connectivity index (χ3v) is 6.72. The maximum absolute atomic E-state index is 10.6. The highest BCUT2D eigenvalue weighted by molar-refractivity contribution is 8.07. The van der Waals surface area contributed by atoms with Crippen LogP contribution in [0.5, 0.6) is 0 Å². The van der Waals surface area contributed by atoms with Crippen LogP contribution in [0.3, 0.4) is 0 Å². The van der Waals surface area contributed by atoms with Crippen LogP contribution in [0.4, 0.5) is 0 Å². The summed E-state index contributed by atoms with van der Waals surface area (Å²) in [5.74, 6) is 0. The van der Waals surface area contributed by atoms with Gasteiger partial charge >= 0.3 is 6.72 Å². The van der Waals surface area contributed by atoms with Gasteiger partial charge < -0.3 is 29.1 Å². The van der Waals surface area contributed by atoms with Gasteiger partial charge in [0.05, 0.1) is 18.8 Å². The van der Waals surface area contributed by atoms with E-state index in [4.69, 9.17) is 46.0 Å². The molecular formula is C15H27B2O7PS. The molecule has 146 valence electrons. The average molecular weight is 404 g/mol. The van der Waals surface area contributed by atoms with E-state index in [0.29, 0.717) is 0 Å². The highest BCUT2D eigenvalue weighted by Gasteiger charge is 2.57. The third-order valence-electron chi connectivity index (χ3n) is 5.08. The van der Waals surface area contributed by atoms with E-state index < -0.39 is 40.6 Å². The summed E-state index contributed by atoms with van der Waals surface area (Å²) >= 11 is 5.12. The Morgan fingerprint density at radius 3 is 2.19 bits per heavy atom. The molecule has 2 aliphatic heterocycles. The molecule has 0 aromatic rings. The number of aliphatic hydroxyl groups is 2. The Morgan fingerprint density at radius 2 is 1.73 bits per heavy atom. The molecule has 0 amide bonds. The predicted molar refractivity (Wildman–Crippen MR) is 102 cm³/mol. The van der Waals surface area contributed by atoms with E-state index >= 15 is 0 Å². The van der Waals surface area contributed by atoms with Crippen molar-refractivity contribution in [2.75, 3.05) is 13.2 Å². The van der Waals surface area contributed by atoms with Gasteiger partial charge in [-0.1, -0.05) is 0 Å². The van der Waals surface area contributed by atoms with E-state index in [9.17, 15) is 15.1 Å². The van der Waals surface area contributed by atoms with Crippen LogP contribution >= 0.6 is 6.72 Å². The summed E-state index contributed by atoms with van der Waals surface area (Å²) in [7, 11) is 12.0. The van der Waals surface area contributed by atoms with E-state index in [2.05, 4.69) is 0 Å². The molecule has 0 aliphatic carbocycles. The summed E-state index contributed by atoms with van der Waals surface area (Å²) in [6.45, 7) is 3.85. The Labute approximate surface area is 162 Å². The second-order valence-corrected chi connectivity index (χ2v) is 11.3. The number of hydrogen-bond donors (Lipinski definition) is 3. The predicted octanol–water partition coefficient (Wildman–Crippen LogP) is 0.476. The molecule has 0 bridgehead atoms. The number of rotatable bonds is 6. The van der Waals surface area contributed by atoms with Gasteiger partial charge in [-0.05, 0) is 59.3 Å². The lowest BCUT2D eigenvalue weighted by atomic mass is 9.75. The van der Waals surface area contributed by atoms with Gasteiger partial charge in [0.15, 0.2) is 0 Å². The second-order valence-electron chi connectivity index (χ2n) is 8.52. The molecule has 0 saturated carbocycles. The topological polar surface area (TPSA) is 97.6 Å². The average Bonchev–Trinajstić information content (AvgIpc) is 2.71. The van der Waals surface area contributed by atoms with Crippen LogP contribution in [0.2, 0.25) is 0 Å². The smallest absolute Gasteiger partial charge is 0.325 e. The number of ether oxygens (including phenoxy) is 2. The minimum Gasteiger partial charge on any atom is -0.394 e. The number of hydrogen-bond acceptors (Lipinski definition) is 7. The van der Waals surface area contributed by atoms with Crippen molar-refractivity contribution in [3.05, 3.63) is 0 Å². The largest absolute Gasteiger partial charge is 0.394 e. The van der Waals surface area contributed by atoms with Gasteiger partial charge in [0.25, 0.3) is 0 Å². The molecule has 0 spiro atoms. The quantitative estimate of drug-likeness (QED) is 0.435. The first-order chi connectivity index (χ1) is 11.5. The van der Waals surface area contributed by atoms with Gasteiger partial charge in [-0.2, -0.15) is 0 Å². The summed E-state index contributed by atoms with van der Waals surface area (Å²) in [6, 6.07) is 0. The van der Waals surface area contributed by atoms with Crippen molar-refractivity contribution in [1.29, 1.82) is 0 Å². The molecule has 3 N–H and O–H groups in total. The third kappa shape index (κ3) is 4.73. The first kappa shape index (κ1) is 22.8. The highest BCUT2D eigenvalue weighted by atomic mass is 32.5. The van der Waals surface area contributed by atoms with E-state index in [-0.39, 0.29) is 26.1 Å². The maximum Gasteiger partial charge on any atom is 0.325 e. The zero-order chi connectivity index (χ0) is 20.2. The summed E-state index contributed by atoms with van der Waals surface area (Å²) in [5, 5.41) is 20.2. The van der Waals surface area contributed by atoms with Crippen LogP contribution in [0, 0.1) is 0 Å². The lowest BCUT2D eigenvalue weighted by molar-refractivity contribution is -0.140. The summed E-state index contributed by atoms with van der Waals surface area (Å²) in [4.78, 5) is 10.5. The monoisotopic (exact) mass is 404 g/mol.